The van der Waals surface area contributed by atoms with E-state index in [2.05, 4.69) is 51.4 Å². The van der Waals surface area contributed by atoms with Crippen molar-refractivity contribution in [2.45, 2.75) is 13.8 Å². The van der Waals surface area contributed by atoms with E-state index in [-0.39, 0.29) is 0 Å². The monoisotopic (exact) mass is 334 g/mol. The second-order valence-electron chi connectivity index (χ2n) is 6.07. The van der Waals surface area contributed by atoms with E-state index in [1.807, 2.05) is 42.6 Å². The summed E-state index contributed by atoms with van der Waals surface area (Å²) in [7, 11) is 3.92. The number of aliphatic imine (C=N–C) groups is 1. The maximum absolute atomic E-state index is 4.69. The normalized spacial score (nSPS) is 11.6. The van der Waals surface area contributed by atoms with Crippen molar-refractivity contribution in [2.24, 2.45) is 12.0 Å². The van der Waals surface area contributed by atoms with Crippen LogP contribution in [0.4, 0.5) is 5.95 Å². The number of rotatable bonds is 5. The van der Waals surface area contributed by atoms with Crippen LogP contribution in [0, 0.1) is 6.92 Å². The molecule has 3 rings (SSSR count). The van der Waals surface area contributed by atoms with Gasteiger partial charge in [0.15, 0.2) is 5.82 Å². The first kappa shape index (κ1) is 16.8. The van der Waals surface area contributed by atoms with Crippen LogP contribution in [-0.4, -0.2) is 39.2 Å². The fourth-order valence-electron chi connectivity index (χ4n) is 2.64. The summed E-state index contributed by atoms with van der Waals surface area (Å²) in [5.41, 5.74) is 4.37. The van der Waals surface area contributed by atoms with Gasteiger partial charge in [-0.3, -0.25) is 14.5 Å². The standard InChI is InChI=1S/C19H22N6/c1-14-6-5-7-17(12-14)15(2)21-13-24(3)19-23-22-18(25(19)4)16-8-10-20-11-9-16/h5-12H,13H2,1-4H3/b21-15+. The lowest BCUT2D eigenvalue weighted by Gasteiger charge is -2.16. The Labute approximate surface area is 147 Å². The van der Waals surface area contributed by atoms with Crippen molar-refractivity contribution in [3.8, 4) is 11.4 Å². The van der Waals surface area contributed by atoms with Gasteiger partial charge >= 0.3 is 0 Å². The van der Waals surface area contributed by atoms with E-state index in [0.717, 1.165) is 28.6 Å². The van der Waals surface area contributed by atoms with E-state index >= 15 is 0 Å². The fraction of sp³-hybridized carbons (Fsp3) is 0.263. The van der Waals surface area contributed by atoms with Crippen LogP contribution >= 0.6 is 0 Å². The third-order valence-corrected chi connectivity index (χ3v) is 4.09. The molecule has 2 heterocycles. The van der Waals surface area contributed by atoms with Crippen LogP contribution in [0.2, 0.25) is 0 Å². The Morgan fingerprint density at radius 1 is 1.16 bits per heavy atom. The quantitative estimate of drug-likeness (QED) is 0.673. The number of benzene rings is 1. The van der Waals surface area contributed by atoms with Gasteiger partial charge in [-0.2, -0.15) is 0 Å². The smallest absolute Gasteiger partial charge is 0.228 e. The molecule has 1 aromatic carbocycles. The Bertz CT molecular complexity index is 882. The molecule has 6 heteroatoms. The van der Waals surface area contributed by atoms with Crippen molar-refractivity contribution in [2.75, 3.05) is 18.6 Å². The van der Waals surface area contributed by atoms with Crippen molar-refractivity contribution in [3.63, 3.8) is 0 Å². The lowest BCUT2D eigenvalue weighted by Crippen LogP contribution is -2.21. The number of aryl methyl sites for hydroxylation is 1. The van der Waals surface area contributed by atoms with Crippen LogP contribution in [0.5, 0.6) is 0 Å². The van der Waals surface area contributed by atoms with Crippen molar-refractivity contribution in [1.29, 1.82) is 0 Å². The molecule has 2 aromatic heterocycles. The Kier molecular flexibility index (Phi) is 4.88. The minimum atomic E-state index is 0.516. The van der Waals surface area contributed by atoms with Gasteiger partial charge in [0.05, 0.1) is 0 Å². The molecule has 0 aliphatic heterocycles. The summed E-state index contributed by atoms with van der Waals surface area (Å²) in [4.78, 5) is 10.7. The topological polar surface area (TPSA) is 59.2 Å². The van der Waals surface area contributed by atoms with Gasteiger partial charge in [-0.15, -0.1) is 10.2 Å². The number of nitrogens with zero attached hydrogens (tertiary/aromatic N) is 6. The van der Waals surface area contributed by atoms with Crippen molar-refractivity contribution in [1.82, 2.24) is 19.7 Å². The first-order valence-electron chi connectivity index (χ1n) is 8.15. The highest BCUT2D eigenvalue weighted by molar-refractivity contribution is 5.98. The second-order valence-corrected chi connectivity index (χ2v) is 6.07. The van der Waals surface area contributed by atoms with E-state index in [0.29, 0.717) is 6.67 Å². The first-order chi connectivity index (χ1) is 12.1. The molecule has 0 saturated heterocycles. The summed E-state index contributed by atoms with van der Waals surface area (Å²) < 4.78 is 1.97. The Hall–Kier alpha value is -3.02. The summed E-state index contributed by atoms with van der Waals surface area (Å²) in [6.45, 7) is 4.63. The zero-order valence-corrected chi connectivity index (χ0v) is 15.0. The van der Waals surface area contributed by atoms with Gasteiger partial charge in [0, 0.05) is 37.8 Å². The van der Waals surface area contributed by atoms with Crippen LogP contribution in [-0.2, 0) is 7.05 Å². The van der Waals surface area contributed by atoms with Gasteiger partial charge in [-0.1, -0.05) is 29.8 Å². The molecular weight excluding hydrogens is 312 g/mol. The summed E-state index contributed by atoms with van der Waals surface area (Å²) in [5, 5.41) is 8.61. The van der Waals surface area contributed by atoms with Gasteiger partial charge < -0.3 is 4.90 Å². The highest BCUT2D eigenvalue weighted by atomic mass is 15.4. The summed E-state index contributed by atoms with van der Waals surface area (Å²) in [5.74, 6) is 1.58. The van der Waals surface area contributed by atoms with Crippen LogP contribution < -0.4 is 4.90 Å². The Morgan fingerprint density at radius 3 is 2.64 bits per heavy atom. The fourth-order valence-corrected chi connectivity index (χ4v) is 2.64. The van der Waals surface area contributed by atoms with Gasteiger partial charge in [0.2, 0.25) is 5.95 Å². The van der Waals surface area contributed by atoms with Crippen molar-refractivity contribution in [3.05, 3.63) is 59.9 Å². The molecule has 0 N–H and O–H groups in total. The number of hydrogen-bond acceptors (Lipinski definition) is 5. The van der Waals surface area contributed by atoms with E-state index < -0.39 is 0 Å². The Balaban J connectivity index is 1.77. The molecule has 25 heavy (non-hydrogen) atoms. The highest BCUT2D eigenvalue weighted by Crippen LogP contribution is 2.19. The molecule has 3 aromatic rings. The van der Waals surface area contributed by atoms with Crippen LogP contribution in [0.3, 0.4) is 0 Å². The molecule has 128 valence electrons. The lowest BCUT2D eigenvalue weighted by molar-refractivity contribution is 0.816. The first-order valence-corrected chi connectivity index (χ1v) is 8.15. The van der Waals surface area contributed by atoms with Crippen LogP contribution in [0.25, 0.3) is 11.4 Å². The number of anilines is 1. The van der Waals surface area contributed by atoms with E-state index in [1.165, 1.54) is 5.56 Å². The van der Waals surface area contributed by atoms with Crippen LogP contribution in [0.1, 0.15) is 18.1 Å². The number of hydrogen-bond donors (Lipinski definition) is 0. The van der Waals surface area contributed by atoms with Gasteiger partial charge in [0.25, 0.3) is 0 Å². The summed E-state index contributed by atoms with van der Waals surface area (Å²) in [6.07, 6.45) is 3.51. The molecule has 0 fully saturated rings. The second kappa shape index (κ2) is 7.25. The minimum absolute atomic E-state index is 0.516. The molecule has 6 nitrogen and oxygen atoms in total. The molecule has 0 saturated carbocycles. The van der Waals surface area contributed by atoms with Gasteiger partial charge in [0.1, 0.15) is 6.67 Å². The third kappa shape index (κ3) is 3.74. The highest BCUT2D eigenvalue weighted by Gasteiger charge is 2.13. The minimum Gasteiger partial charge on any atom is -0.324 e. The maximum Gasteiger partial charge on any atom is 0.228 e. The largest absolute Gasteiger partial charge is 0.324 e. The summed E-state index contributed by atoms with van der Waals surface area (Å²) in [6, 6.07) is 12.2. The molecular formula is C19H22N6. The zero-order valence-electron chi connectivity index (χ0n) is 15.0. The lowest BCUT2D eigenvalue weighted by atomic mass is 10.1. The average molecular weight is 334 g/mol. The van der Waals surface area contributed by atoms with E-state index in [4.69, 9.17) is 0 Å². The molecule has 0 atom stereocenters. The predicted molar refractivity (Wildman–Crippen MR) is 101 cm³/mol. The molecule has 0 aliphatic carbocycles. The SMILES string of the molecule is C/C(=N\CN(C)c1nnc(-c2ccncc2)n1C)c1cccc(C)c1. The maximum atomic E-state index is 4.69. The molecule has 0 unspecified atom stereocenters. The van der Waals surface area contributed by atoms with Crippen LogP contribution in [0.15, 0.2) is 53.8 Å². The van der Waals surface area contributed by atoms with E-state index in [1.54, 1.807) is 12.4 Å². The van der Waals surface area contributed by atoms with Crippen molar-refractivity contribution >= 4 is 11.7 Å². The molecule has 0 bridgehead atoms. The molecule has 0 spiro atoms. The molecule has 0 aliphatic rings. The van der Waals surface area contributed by atoms with Crippen molar-refractivity contribution < 1.29 is 0 Å². The molecule has 0 radical (unpaired) electrons. The number of pyridine rings is 1. The van der Waals surface area contributed by atoms with Gasteiger partial charge in [-0.05, 0) is 31.5 Å². The predicted octanol–water partition coefficient (Wildman–Crippen LogP) is 3.09. The zero-order chi connectivity index (χ0) is 17.8. The van der Waals surface area contributed by atoms with Gasteiger partial charge in [-0.25, -0.2) is 0 Å². The van der Waals surface area contributed by atoms with E-state index in [9.17, 15) is 0 Å². The number of aromatic nitrogens is 4. The Morgan fingerprint density at radius 2 is 1.92 bits per heavy atom. The summed E-state index contributed by atoms with van der Waals surface area (Å²) >= 11 is 0. The average Bonchev–Trinajstić information content (AvgIpc) is 3.01. The molecule has 0 amide bonds. The third-order valence-electron chi connectivity index (χ3n) is 4.09.